The lowest BCUT2D eigenvalue weighted by molar-refractivity contribution is 0.0567. The Morgan fingerprint density at radius 3 is 2.76 bits per heavy atom. The topological polar surface area (TPSA) is 61.6 Å². The first-order valence-electron chi connectivity index (χ1n) is 6.90. The van der Waals surface area contributed by atoms with Crippen molar-refractivity contribution >= 4 is 26.0 Å². The molecule has 0 aliphatic carbocycles. The third-order valence-electron chi connectivity index (χ3n) is 3.60. The highest BCUT2D eigenvalue weighted by Gasteiger charge is 2.23. The van der Waals surface area contributed by atoms with Gasteiger partial charge in [0.15, 0.2) is 9.04 Å². The molecule has 0 saturated carbocycles. The van der Waals surface area contributed by atoms with Gasteiger partial charge in [-0.3, -0.25) is 4.98 Å². The van der Waals surface area contributed by atoms with E-state index in [-0.39, 0.29) is 10.8 Å². The summed E-state index contributed by atoms with van der Waals surface area (Å²) in [5.41, 5.74) is 1.41. The average molecular weight is 307 g/mol. The van der Waals surface area contributed by atoms with Crippen LogP contribution in [0.3, 0.4) is 0 Å². The second kappa shape index (κ2) is 5.99. The highest BCUT2D eigenvalue weighted by atomic mass is 28.3. The van der Waals surface area contributed by atoms with Crippen molar-refractivity contribution in [2.75, 3.05) is 7.11 Å². The molecule has 0 aliphatic rings. The zero-order valence-electron chi connectivity index (χ0n) is 13.1. The summed E-state index contributed by atoms with van der Waals surface area (Å²) in [6.45, 7) is 9.17. The highest BCUT2D eigenvalue weighted by molar-refractivity contribution is 6.53. The Morgan fingerprint density at radius 1 is 1.43 bits per heavy atom. The normalized spacial score (nSPS) is 13.4. The van der Waals surface area contributed by atoms with Gasteiger partial charge in [0.05, 0.1) is 19.4 Å². The first-order valence-corrected chi connectivity index (χ1v) is 9.10. The molecule has 5 nitrogen and oxygen atoms in total. The number of rotatable bonds is 4. The average Bonchev–Trinajstić information content (AvgIpc) is 2.87. The third kappa shape index (κ3) is 3.51. The number of hydrogen-bond donors (Lipinski definition) is 0. The fourth-order valence-corrected chi connectivity index (χ4v) is 2.70. The van der Waals surface area contributed by atoms with Crippen LogP contribution in [0.5, 0.6) is 0 Å². The molecule has 2 aromatic heterocycles. The quantitative estimate of drug-likeness (QED) is 0.641. The molecule has 0 saturated heterocycles. The van der Waals surface area contributed by atoms with Crippen LogP contribution in [0.25, 0.3) is 11.0 Å². The number of nitrogens with zero attached hydrogens (tertiary/aromatic N) is 1. The molecular formula is C15H21NO4Si. The maximum atomic E-state index is 11.5. The zero-order valence-corrected chi connectivity index (χ0v) is 14.3. The number of hydrogen-bond acceptors (Lipinski definition) is 5. The SMILES string of the molecule is COC(=O)c1cc2c(CO[SiH](C)C(C)(C)C)nccc2o1. The summed E-state index contributed by atoms with van der Waals surface area (Å²) in [5, 5.41) is 0.995. The van der Waals surface area contributed by atoms with Crippen LogP contribution in [0, 0.1) is 0 Å². The van der Waals surface area contributed by atoms with E-state index in [2.05, 4.69) is 37.0 Å². The summed E-state index contributed by atoms with van der Waals surface area (Å²) in [6, 6.07) is 3.39. The van der Waals surface area contributed by atoms with E-state index in [0.29, 0.717) is 12.2 Å². The molecular weight excluding hydrogens is 286 g/mol. The molecule has 0 amide bonds. The van der Waals surface area contributed by atoms with Gasteiger partial charge in [0.2, 0.25) is 5.76 Å². The van der Waals surface area contributed by atoms with Crippen LogP contribution in [0.1, 0.15) is 37.0 Å². The number of fused-ring (bicyclic) bond motifs is 1. The maximum Gasteiger partial charge on any atom is 0.373 e. The van der Waals surface area contributed by atoms with Gasteiger partial charge in [-0.2, -0.15) is 0 Å². The summed E-state index contributed by atoms with van der Waals surface area (Å²) >= 11 is 0. The van der Waals surface area contributed by atoms with Gasteiger partial charge < -0.3 is 13.6 Å². The number of pyridine rings is 1. The Morgan fingerprint density at radius 2 is 2.14 bits per heavy atom. The number of furan rings is 1. The van der Waals surface area contributed by atoms with Crippen LogP contribution in [-0.4, -0.2) is 27.1 Å². The summed E-state index contributed by atoms with van der Waals surface area (Å²) in [6.07, 6.45) is 1.66. The predicted molar refractivity (Wildman–Crippen MR) is 82.9 cm³/mol. The molecule has 0 radical (unpaired) electrons. The molecule has 2 aromatic rings. The van der Waals surface area contributed by atoms with Gasteiger partial charge in [-0.25, -0.2) is 4.79 Å². The largest absolute Gasteiger partial charge is 0.463 e. The van der Waals surface area contributed by atoms with E-state index in [0.717, 1.165) is 11.1 Å². The van der Waals surface area contributed by atoms with E-state index in [1.54, 1.807) is 18.3 Å². The summed E-state index contributed by atoms with van der Waals surface area (Å²) in [7, 11) is 0.00597. The molecule has 6 heteroatoms. The van der Waals surface area contributed by atoms with Crippen LogP contribution in [0.2, 0.25) is 11.6 Å². The number of carbonyl (C=O) groups excluding carboxylic acids is 1. The van der Waals surface area contributed by atoms with Gasteiger partial charge in [0, 0.05) is 17.6 Å². The van der Waals surface area contributed by atoms with E-state index in [4.69, 9.17) is 8.84 Å². The Hall–Kier alpha value is -1.66. The first-order chi connectivity index (χ1) is 9.82. The summed E-state index contributed by atoms with van der Waals surface area (Å²) < 4.78 is 16.2. The molecule has 0 fully saturated rings. The first kappa shape index (κ1) is 15.7. The second-order valence-electron chi connectivity index (χ2n) is 6.09. The third-order valence-corrected chi connectivity index (χ3v) is 6.71. The number of aromatic nitrogens is 1. The van der Waals surface area contributed by atoms with Crippen molar-refractivity contribution in [3.8, 4) is 0 Å². The lowest BCUT2D eigenvalue weighted by Gasteiger charge is -2.25. The molecule has 0 spiro atoms. The molecule has 114 valence electrons. The second-order valence-corrected chi connectivity index (χ2v) is 9.44. The smallest absolute Gasteiger partial charge is 0.373 e. The Kier molecular flexibility index (Phi) is 4.48. The van der Waals surface area contributed by atoms with E-state index in [1.165, 1.54) is 7.11 Å². The van der Waals surface area contributed by atoms with Gasteiger partial charge in [-0.05, 0) is 17.7 Å². The summed E-state index contributed by atoms with van der Waals surface area (Å²) in [4.78, 5) is 15.9. The molecule has 2 rings (SSSR count). The fourth-order valence-electron chi connectivity index (χ4n) is 1.79. The van der Waals surface area contributed by atoms with Gasteiger partial charge in [-0.15, -0.1) is 0 Å². The van der Waals surface area contributed by atoms with Crippen LogP contribution >= 0.6 is 0 Å². The van der Waals surface area contributed by atoms with Crippen LogP contribution in [0.15, 0.2) is 22.7 Å². The van der Waals surface area contributed by atoms with Gasteiger partial charge >= 0.3 is 5.97 Å². The zero-order chi connectivity index (χ0) is 15.6. The molecule has 0 N–H and O–H groups in total. The molecule has 0 aliphatic heterocycles. The van der Waals surface area contributed by atoms with E-state index >= 15 is 0 Å². The molecule has 1 atom stereocenters. The highest BCUT2D eigenvalue weighted by Crippen LogP contribution is 2.29. The Balaban J connectivity index is 2.24. The Bertz CT molecular complexity index is 645. The van der Waals surface area contributed by atoms with Crippen molar-refractivity contribution in [3.05, 3.63) is 29.8 Å². The lowest BCUT2D eigenvalue weighted by Crippen LogP contribution is -2.25. The minimum atomic E-state index is -1.32. The van der Waals surface area contributed by atoms with Crippen molar-refractivity contribution in [3.63, 3.8) is 0 Å². The van der Waals surface area contributed by atoms with Gasteiger partial charge in [0.25, 0.3) is 0 Å². The van der Waals surface area contributed by atoms with Crippen molar-refractivity contribution in [1.29, 1.82) is 0 Å². The minimum Gasteiger partial charge on any atom is -0.463 e. The van der Waals surface area contributed by atoms with Crippen molar-refractivity contribution < 1.29 is 18.4 Å². The number of carbonyl (C=O) groups is 1. The van der Waals surface area contributed by atoms with Crippen LogP contribution in [0.4, 0.5) is 0 Å². The monoisotopic (exact) mass is 307 g/mol. The molecule has 0 bridgehead atoms. The lowest BCUT2D eigenvalue weighted by atomic mass is 10.2. The van der Waals surface area contributed by atoms with E-state index in [9.17, 15) is 4.79 Å². The summed E-state index contributed by atoms with van der Waals surface area (Å²) in [5.74, 6) is -0.307. The van der Waals surface area contributed by atoms with Crippen molar-refractivity contribution in [2.45, 2.75) is 39.0 Å². The minimum absolute atomic E-state index is 0.183. The molecule has 21 heavy (non-hydrogen) atoms. The maximum absolute atomic E-state index is 11.5. The van der Waals surface area contributed by atoms with Crippen molar-refractivity contribution in [1.82, 2.24) is 4.98 Å². The molecule has 2 heterocycles. The van der Waals surface area contributed by atoms with Crippen molar-refractivity contribution in [2.24, 2.45) is 0 Å². The van der Waals surface area contributed by atoms with E-state index in [1.807, 2.05) is 0 Å². The van der Waals surface area contributed by atoms with Crippen LogP contribution in [-0.2, 0) is 15.8 Å². The van der Waals surface area contributed by atoms with Gasteiger partial charge in [-0.1, -0.05) is 20.8 Å². The van der Waals surface area contributed by atoms with Gasteiger partial charge in [0.1, 0.15) is 5.58 Å². The predicted octanol–water partition coefficient (Wildman–Crippen LogP) is 3.28. The fraction of sp³-hybridized carbons (Fsp3) is 0.467. The number of esters is 1. The number of methoxy groups -OCH3 is 1. The standard InChI is InChI=1S/C15H21NO4Si/c1-15(2,3)21(5)19-9-11-10-8-13(14(17)18-4)20-12(10)6-7-16-11/h6-8,21H,9H2,1-5H3. The number of ether oxygens (including phenoxy) is 1. The van der Waals surface area contributed by atoms with E-state index < -0.39 is 15.0 Å². The molecule has 0 aromatic carbocycles. The Labute approximate surface area is 126 Å². The van der Waals surface area contributed by atoms with Crippen LogP contribution < -0.4 is 0 Å². The molecule has 1 unspecified atom stereocenters.